The van der Waals surface area contributed by atoms with Gasteiger partial charge in [-0.05, 0) is 47.4 Å². The van der Waals surface area contributed by atoms with Gasteiger partial charge >= 0.3 is 0 Å². The number of benzene rings is 2. The van der Waals surface area contributed by atoms with E-state index in [9.17, 15) is 4.79 Å². The molecule has 0 fully saturated rings. The van der Waals surface area contributed by atoms with Gasteiger partial charge < -0.3 is 19.5 Å². The zero-order valence-corrected chi connectivity index (χ0v) is 18.5. The summed E-state index contributed by atoms with van der Waals surface area (Å²) < 4.78 is 16.3. The molecule has 1 aliphatic heterocycles. The molecule has 0 saturated carbocycles. The second kappa shape index (κ2) is 9.85. The molecule has 0 aromatic heterocycles. The lowest BCUT2D eigenvalue weighted by Gasteiger charge is -2.38. The summed E-state index contributed by atoms with van der Waals surface area (Å²) in [6, 6.07) is 12.3. The van der Waals surface area contributed by atoms with Crippen molar-refractivity contribution in [1.82, 2.24) is 10.2 Å². The first-order valence-corrected chi connectivity index (χ1v) is 10.4. The molecule has 0 saturated heterocycles. The highest BCUT2D eigenvalue weighted by Crippen LogP contribution is 2.38. The summed E-state index contributed by atoms with van der Waals surface area (Å²) in [6.45, 7) is 6.06. The van der Waals surface area contributed by atoms with Crippen molar-refractivity contribution >= 4 is 5.91 Å². The maximum atomic E-state index is 12.3. The minimum atomic E-state index is -0.0477. The highest BCUT2D eigenvalue weighted by molar-refractivity contribution is 5.77. The summed E-state index contributed by atoms with van der Waals surface area (Å²) in [7, 11) is 4.98. The van der Waals surface area contributed by atoms with E-state index in [1.807, 2.05) is 26.0 Å². The minimum absolute atomic E-state index is 0.0477. The number of nitrogens with zero attached hydrogens (tertiary/aromatic N) is 1. The lowest BCUT2D eigenvalue weighted by atomic mass is 9.91. The van der Waals surface area contributed by atoms with Crippen molar-refractivity contribution in [2.75, 3.05) is 34.4 Å². The maximum absolute atomic E-state index is 12.3. The number of methoxy groups -OCH3 is 3. The van der Waals surface area contributed by atoms with Crippen LogP contribution in [0.25, 0.3) is 0 Å². The molecule has 1 aliphatic rings. The molecule has 1 atom stereocenters. The Labute approximate surface area is 179 Å². The Kier molecular flexibility index (Phi) is 7.21. The molecule has 6 heteroatoms. The fraction of sp³-hybridized carbons (Fsp3) is 0.458. The van der Waals surface area contributed by atoms with Crippen molar-refractivity contribution in [3.8, 4) is 17.2 Å². The quantitative estimate of drug-likeness (QED) is 0.718. The predicted octanol–water partition coefficient (Wildman–Crippen LogP) is 3.58. The molecular weight excluding hydrogens is 380 g/mol. The number of carbonyl (C=O) groups is 1. The molecule has 3 rings (SSSR count). The van der Waals surface area contributed by atoms with Crippen molar-refractivity contribution in [2.45, 2.75) is 32.9 Å². The van der Waals surface area contributed by atoms with Crippen LogP contribution in [0.4, 0.5) is 0 Å². The molecule has 0 spiro atoms. The van der Waals surface area contributed by atoms with Crippen molar-refractivity contribution < 1.29 is 19.0 Å². The largest absolute Gasteiger partial charge is 0.497 e. The van der Waals surface area contributed by atoms with Crippen LogP contribution in [0, 0.1) is 5.92 Å². The zero-order chi connectivity index (χ0) is 21.7. The number of carbonyl (C=O) groups excluding carboxylic acids is 1. The first-order chi connectivity index (χ1) is 14.5. The van der Waals surface area contributed by atoms with E-state index >= 15 is 0 Å². The minimum Gasteiger partial charge on any atom is -0.497 e. The molecule has 2 aromatic carbocycles. The van der Waals surface area contributed by atoms with Gasteiger partial charge in [-0.25, -0.2) is 0 Å². The lowest BCUT2D eigenvalue weighted by Crippen LogP contribution is -2.42. The number of rotatable bonds is 8. The topological polar surface area (TPSA) is 60.0 Å². The van der Waals surface area contributed by atoms with E-state index in [4.69, 9.17) is 14.2 Å². The van der Waals surface area contributed by atoms with Gasteiger partial charge in [0.05, 0.1) is 27.4 Å². The van der Waals surface area contributed by atoms with Gasteiger partial charge in [-0.15, -0.1) is 0 Å². The molecule has 1 amide bonds. The molecule has 0 bridgehead atoms. The third-order valence-electron chi connectivity index (χ3n) is 5.65. The smallest absolute Gasteiger partial charge is 0.222 e. The van der Waals surface area contributed by atoms with Crippen molar-refractivity contribution in [3.05, 3.63) is 53.1 Å². The van der Waals surface area contributed by atoms with Crippen LogP contribution in [-0.2, 0) is 17.8 Å². The standard InChI is InChI=1S/C24H32N2O4/c1-16(2)24(27)25-14-21-20-13-23(30-5)22(29-4)12-18(20)10-11-26(21)15-17-6-8-19(28-3)9-7-17/h6-9,12-13,16,21H,10-11,14-15H2,1-5H3,(H,25,27)/t21-/m1/s1. The zero-order valence-electron chi connectivity index (χ0n) is 18.5. The molecule has 1 heterocycles. The normalized spacial score (nSPS) is 16.1. The van der Waals surface area contributed by atoms with Gasteiger partial charge in [0.15, 0.2) is 11.5 Å². The fourth-order valence-corrected chi connectivity index (χ4v) is 3.88. The van der Waals surface area contributed by atoms with Gasteiger partial charge in [0, 0.05) is 25.6 Å². The van der Waals surface area contributed by atoms with E-state index < -0.39 is 0 Å². The summed E-state index contributed by atoms with van der Waals surface area (Å²) in [5, 5.41) is 3.12. The van der Waals surface area contributed by atoms with Gasteiger partial charge in [0.1, 0.15) is 5.75 Å². The van der Waals surface area contributed by atoms with Crippen LogP contribution in [0.1, 0.15) is 36.6 Å². The summed E-state index contributed by atoms with van der Waals surface area (Å²) in [6.07, 6.45) is 0.917. The highest BCUT2D eigenvalue weighted by Gasteiger charge is 2.29. The van der Waals surface area contributed by atoms with Crippen LogP contribution in [-0.4, -0.2) is 45.2 Å². The van der Waals surface area contributed by atoms with Crippen LogP contribution < -0.4 is 19.5 Å². The average molecular weight is 413 g/mol. The van der Waals surface area contributed by atoms with Gasteiger partial charge in [0.2, 0.25) is 5.91 Å². The second-order valence-electron chi connectivity index (χ2n) is 7.89. The number of nitrogens with one attached hydrogen (secondary N) is 1. The highest BCUT2D eigenvalue weighted by atomic mass is 16.5. The first-order valence-electron chi connectivity index (χ1n) is 10.4. The van der Waals surface area contributed by atoms with E-state index in [2.05, 4.69) is 34.5 Å². The molecule has 1 N–H and O–H groups in total. The fourth-order valence-electron chi connectivity index (χ4n) is 3.88. The van der Waals surface area contributed by atoms with E-state index in [1.54, 1.807) is 21.3 Å². The molecule has 162 valence electrons. The summed E-state index contributed by atoms with van der Waals surface area (Å²) in [4.78, 5) is 14.7. The van der Waals surface area contributed by atoms with E-state index in [0.717, 1.165) is 31.0 Å². The third-order valence-corrected chi connectivity index (χ3v) is 5.65. The molecule has 2 aromatic rings. The predicted molar refractivity (Wildman–Crippen MR) is 117 cm³/mol. The van der Waals surface area contributed by atoms with Gasteiger partial charge in [-0.3, -0.25) is 9.69 Å². The van der Waals surface area contributed by atoms with Crippen LogP contribution in [0.3, 0.4) is 0 Å². The Morgan fingerprint density at radius 2 is 1.73 bits per heavy atom. The third kappa shape index (κ3) is 4.87. The number of ether oxygens (including phenoxy) is 3. The summed E-state index contributed by atoms with van der Waals surface area (Å²) in [5.74, 6) is 2.31. The van der Waals surface area contributed by atoms with E-state index in [0.29, 0.717) is 12.3 Å². The second-order valence-corrected chi connectivity index (χ2v) is 7.89. The average Bonchev–Trinajstić information content (AvgIpc) is 2.77. The summed E-state index contributed by atoms with van der Waals surface area (Å²) in [5.41, 5.74) is 3.62. The van der Waals surface area contributed by atoms with Crippen LogP contribution in [0.15, 0.2) is 36.4 Å². The molecular formula is C24H32N2O4. The maximum Gasteiger partial charge on any atom is 0.222 e. The molecule has 0 radical (unpaired) electrons. The van der Waals surface area contributed by atoms with Crippen molar-refractivity contribution in [1.29, 1.82) is 0 Å². The monoisotopic (exact) mass is 412 g/mol. The van der Waals surface area contributed by atoms with Gasteiger partial charge in [0.25, 0.3) is 0 Å². The Morgan fingerprint density at radius 1 is 1.07 bits per heavy atom. The van der Waals surface area contributed by atoms with Gasteiger partial charge in [-0.1, -0.05) is 26.0 Å². The lowest BCUT2D eigenvalue weighted by molar-refractivity contribution is -0.124. The SMILES string of the molecule is COc1ccc(CN2CCc3cc(OC)c(OC)cc3[C@H]2CNC(=O)C(C)C)cc1. The van der Waals surface area contributed by atoms with E-state index in [-0.39, 0.29) is 17.9 Å². The van der Waals surface area contributed by atoms with Crippen LogP contribution in [0.5, 0.6) is 17.2 Å². The molecule has 0 aliphatic carbocycles. The Bertz CT molecular complexity index is 864. The molecule has 6 nitrogen and oxygen atoms in total. The first kappa shape index (κ1) is 22.0. The van der Waals surface area contributed by atoms with E-state index in [1.165, 1.54) is 16.7 Å². The Balaban J connectivity index is 1.90. The number of fused-ring (bicyclic) bond motifs is 1. The molecule has 0 unspecified atom stereocenters. The van der Waals surface area contributed by atoms with Crippen LogP contribution >= 0.6 is 0 Å². The Hall–Kier alpha value is -2.73. The van der Waals surface area contributed by atoms with Gasteiger partial charge in [-0.2, -0.15) is 0 Å². The van der Waals surface area contributed by atoms with Crippen molar-refractivity contribution in [3.63, 3.8) is 0 Å². The number of hydrogen-bond donors (Lipinski definition) is 1. The molecule has 30 heavy (non-hydrogen) atoms. The number of amides is 1. The summed E-state index contributed by atoms with van der Waals surface area (Å²) >= 11 is 0. The Morgan fingerprint density at radius 3 is 2.33 bits per heavy atom. The van der Waals surface area contributed by atoms with Crippen molar-refractivity contribution in [2.24, 2.45) is 5.92 Å². The van der Waals surface area contributed by atoms with Crippen LogP contribution in [0.2, 0.25) is 0 Å². The number of hydrogen-bond acceptors (Lipinski definition) is 5.